The smallest absolute Gasteiger partial charge is 0.407 e. The molecular formula is C27H32N2O5S. The minimum absolute atomic E-state index is 0.0107. The molecule has 2 aromatic carbocycles. The van der Waals surface area contributed by atoms with Gasteiger partial charge in [0.05, 0.1) is 12.5 Å². The van der Waals surface area contributed by atoms with Gasteiger partial charge >= 0.3 is 12.1 Å². The molecule has 1 heterocycles. The van der Waals surface area contributed by atoms with Gasteiger partial charge in [0, 0.05) is 36.4 Å². The van der Waals surface area contributed by atoms with Crippen LogP contribution in [0.15, 0.2) is 48.5 Å². The summed E-state index contributed by atoms with van der Waals surface area (Å²) < 4.78 is 5.67. The Hall–Kier alpha value is -3.00. The number of nitrogens with zero attached hydrogens (tertiary/aromatic N) is 1. The van der Waals surface area contributed by atoms with E-state index in [4.69, 9.17) is 4.74 Å². The van der Waals surface area contributed by atoms with Crippen LogP contribution in [0.2, 0.25) is 0 Å². The number of benzene rings is 2. The lowest BCUT2D eigenvalue weighted by molar-refractivity contribution is -0.140. The Bertz CT molecular complexity index is 1040. The number of nitrogens with one attached hydrogen (secondary N) is 1. The number of rotatable bonds is 8. The van der Waals surface area contributed by atoms with Crippen molar-refractivity contribution in [3.63, 3.8) is 0 Å². The van der Waals surface area contributed by atoms with Crippen molar-refractivity contribution in [3.05, 3.63) is 59.7 Å². The maximum absolute atomic E-state index is 13.1. The summed E-state index contributed by atoms with van der Waals surface area (Å²) in [6.45, 7) is 4.63. The number of aliphatic carboxylic acids is 1. The Balaban J connectivity index is 1.37. The predicted molar refractivity (Wildman–Crippen MR) is 137 cm³/mol. The van der Waals surface area contributed by atoms with Gasteiger partial charge in [-0.15, -0.1) is 0 Å². The van der Waals surface area contributed by atoms with E-state index in [1.165, 1.54) is 11.1 Å². The topological polar surface area (TPSA) is 95.9 Å². The molecule has 4 rings (SSSR count). The lowest BCUT2D eigenvalue weighted by Gasteiger charge is -2.36. The highest BCUT2D eigenvalue weighted by molar-refractivity contribution is 7.99. The number of thioether (sulfide) groups is 1. The molecule has 7 nitrogen and oxygen atoms in total. The number of carbonyl (C=O) groups excluding carboxylic acids is 2. The summed E-state index contributed by atoms with van der Waals surface area (Å²) in [5.41, 5.74) is 4.62. The molecule has 1 aliphatic heterocycles. The van der Waals surface area contributed by atoms with Crippen molar-refractivity contribution < 1.29 is 24.2 Å². The molecule has 2 unspecified atom stereocenters. The fourth-order valence-electron chi connectivity index (χ4n) is 4.90. The Kier molecular flexibility index (Phi) is 8.00. The molecule has 1 aliphatic carbocycles. The van der Waals surface area contributed by atoms with E-state index in [0.29, 0.717) is 12.3 Å². The number of carboxylic acids is 1. The molecule has 2 amide bonds. The normalized spacial score (nSPS) is 18.0. The van der Waals surface area contributed by atoms with Crippen molar-refractivity contribution in [1.82, 2.24) is 10.2 Å². The van der Waals surface area contributed by atoms with Gasteiger partial charge in [-0.1, -0.05) is 62.4 Å². The maximum atomic E-state index is 13.1. The van der Waals surface area contributed by atoms with Gasteiger partial charge in [-0.2, -0.15) is 11.8 Å². The van der Waals surface area contributed by atoms with Crippen molar-refractivity contribution in [3.8, 4) is 11.1 Å². The highest BCUT2D eigenvalue weighted by Gasteiger charge is 2.32. The molecule has 1 saturated heterocycles. The van der Waals surface area contributed by atoms with Crippen LogP contribution in [0, 0.1) is 5.92 Å². The van der Waals surface area contributed by atoms with E-state index >= 15 is 0 Å². The van der Waals surface area contributed by atoms with E-state index in [-0.39, 0.29) is 43.2 Å². The van der Waals surface area contributed by atoms with Crippen LogP contribution in [0.1, 0.15) is 43.7 Å². The molecule has 186 valence electrons. The fraction of sp³-hybridized carbons (Fsp3) is 0.444. The highest BCUT2D eigenvalue weighted by Crippen LogP contribution is 2.44. The lowest BCUT2D eigenvalue weighted by Crippen LogP contribution is -2.50. The average Bonchev–Trinajstić information content (AvgIpc) is 3.16. The summed E-state index contributed by atoms with van der Waals surface area (Å²) >= 11 is 1.66. The van der Waals surface area contributed by atoms with Crippen LogP contribution >= 0.6 is 11.8 Å². The summed E-state index contributed by atoms with van der Waals surface area (Å²) in [7, 11) is 0. The molecular weight excluding hydrogens is 464 g/mol. The zero-order valence-corrected chi connectivity index (χ0v) is 20.9. The Morgan fingerprint density at radius 1 is 1.09 bits per heavy atom. The number of hydrogen-bond acceptors (Lipinski definition) is 5. The highest BCUT2D eigenvalue weighted by atomic mass is 32.2. The molecule has 0 radical (unpaired) electrons. The van der Waals surface area contributed by atoms with Gasteiger partial charge in [0.25, 0.3) is 0 Å². The Morgan fingerprint density at radius 2 is 1.71 bits per heavy atom. The summed E-state index contributed by atoms with van der Waals surface area (Å²) in [5.74, 6) is 0.339. The summed E-state index contributed by atoms with van der Waals surface area (Å²) in [5, 5.41) is 12.1. The molecule has 2 aliphatic rings. The fourth-order valence-corrected chi connectivity index (χ4v) is 5.97. The van der Waals surface area contributed by atoms with Crippen LogP contribution in [0.5, 0.6) is 0 Å². The quantitative estimate of drug-likeness (QED) is 0.564. The van der Waals surface area contributed by atoms with E-state index in [2.05, 4.69) is 29.6 Å². The van der Waals surface area contributed by atoms with E-state index < -0.39 is 18.1 Å². The molecule has 0 bridgehead atoms. The standard InChI is InChI=1S/C27H32N2O5S/c1-17(2)24(14-25(30)29-11-12-35-16-18(29)13-26(31)32)28-27(33)34-15-23-21-9-5-3-7-19(21)20-8-4-6-10-22(20)23/h3-10,17-18,23-24H,11-16H2,1-2H3,(H,28,33)(H,31,32). The minimum Gasteiger partial charge on any atom is -0.481 e. The molecule has 0 saturated carbocycles. The third-order valence-electron chi connectivity index (χ3n) is 6.80. The average molecular weight is 497 g/mol. The lowest BCUT2D eigenvalue weighted by atomic mass is 9.98. The second-order valence-electron chi connectivity index (χ2n) is 9.44. The van der Waals surface area contributed by atoms with Crippen LogP contribution < -0.4 is 5.32 Å². The van der Waals surface area contributed by atoms with Gasteiger partial charge in [-0.25, -0.2) is 4.79 Å². The molecule has 2 N–H and O–H groups in total. The number of hydrogen-bond donors (Lipinski definition) is 2. The molecule has 1 fully saturated rings. The molecule has 2 aromatic rings. The van der Waals surface area contributed by atoms with Gasteiger partial charge in [0.1, 0.15) is 6.61 Å². The molecule has 0 spiro atoms. The van der Waals surface area contributed by atoms with Crippen molar-refractivity contribution in [1.29, 1.82) is 0 Å². The first-order valence-corrected chi connectivity index (χ1v) is 13.2. The summed E-state index contributed by atoms with van der Waals surface area (Å²) in [6.07, 6.45) is -0.497. The molecule has 2 atom stereocenters. The SMILES string of the molecule is CC(C)C(CC(=O)N1CCSCC1CC(=O)O)NC(=O)OCC1c2ccccc2-c2ccccc21. The summed E-state index contributed by atoms with van der Waals surface area (Å²) in [6, 6.07) is 15.6. The van der Waals surface area contributed by atoms with E-state index in [1.54, 1.807) is 16.7 Å². The van der Waals surface area contributed by atoms with Gasteiger partial charge < -0.3 is 20.1 Å². The molecule has 0 aromatic heterocycles. The molecule has 35 heavy (non-hydrogen) atoms. The number of amides is 2. The van der Waals surface area contributed by atoms with Crippen LogP contribution in [0.4, 0.5) is 4.79 Å². The first-order valence-electron chi connectivity index (χ1n) is 12.1. The van der Waals surface area contributed by atoms with Crippen molar-refractivity contribution in [2.45, 2.75) is 44.7 Å². The van der Waals surface area contributed by atoms with Crippen molar-refractivity contribution >= 4 is 29.7 Å². The van der Waals surface area contributed by atoms with Crippen LogP contribution in [0.3, 0.4) is 0 Å². The summed E-state index contributed by atoms with van der Waals surface area (Å²) in [4.78, 5) is 38.7. The zero-order valence-electron chi connectivity index (χ0n) is 20.1. The van der Waals surface area contributed by atoms with Crippen LogP contribution in [-0.2, 0) is 14.3 Å². The third kappa shape index (κ3) is 5.81. The largest absolute Gasteiger partial charge is 0.481 e. The van der Waals surface area contributed by atoms with E-state index in [1.807, 2.05) is 38.1 Å². The molecule has 8 heteroatoms. The van der Waals surface area contributed by atoms with Crippen molar-refractivity contribution in [2.75, 3.05) is 24.7 Å². The maximum Gasteiger partial charge on any atom is 0.407 e. The number of alkyl carbamates (subject to hydrolysis) is 1. The van der Waals surface area contributed by atoms with E-state index in [9.17, 15) is 19.5 Å². The number of carbonyl (C=O) groups is 3. The number of carboxylic acid groups (broad SMARTS) is 1. The Morgan fingerprint density at radius 3 is 2.31 bits per heavy atom. The van der Waals surface area contributed by atoms with Crippen LogP contribution in [0.25, 0.3) is 11.1 Å². The second-order valence-corrected chi connectivity index (χ2v) is 10.6. The predicted octanol–water partition coefficient (Wildman–Crippen LogP) is 4.36. The first kappa shape index (κ1) is 25.1. The van der Waals surface area contributed by atoms with Gasteiger partial charge in [-0.05, 0) is 28.2 Å². The monoisotopic (exact) mass is 496 g/mol. The number of fused-ring (bicyclic) bond motifs is 3. The minimum atomic E-state index is -0.910. The number of ether oxygens (including phenoxy) is 1. The third-order valence-corrected chi connectivity index (χ3v) is 7.90. The van der Waals surface area contributed by atoms with Gasteiger partial charge in [-0.3, -0.25) is 9.59 Å². The van der Waals surface area contributed by atoms with Gasteiger partial charge in [0.15, 0.2) is 0 Å². The zero-order chi connectivity index (χ0) is 24.9. The van der Waals surface area contributed by atoms with Crippen molar-refractivity contribution in [2.24, 2.45) is 5.92 Å². The van der Waals surface area contributed by atoms with E-state index in [0.717, 1.165) is 16.9 Å². The second kappa shape index (κ2) is 11.2. The Labute approximate surface area is 210 Å². The first-order chi connectivity index (χ1) is 16.8. The van der Waals surface area contributed by atoms with Gasteiger partial charge in [0.2, 0.25) is 5.91 Å². The van der Waals surface area contributed by atoms with Crippen LogP contribution in [-0.4, -0.2) is 64.7 Å².